The van der Waals surface area contributed by atoms with Gasteiger partial charge in [0.25, 0.3) is 0 Å². The lowest BCUT2D eigenvalue weighted by atomic mass is 10.1. The van der Waals surface area contributed by atoms with E-state index < -0.39 is 0 Å². The summed E-state index contributed by atoms with van der Waals surface area (Å²) in [6, 6.07) is 17.6. The zero-order chi connectivity index (χ0) is 17.5. The number of rotatable bonds is 6. The van der Waals surface area contributed by atoms with Crippen LogP contribution in [0.3, 0.4) is 0 Å². The molecule has 2 aromatic carbocycles. The number of benzene rings is 2. The lowest BCUT2D eigenvalue weighted by Crippen LogP contribution is -2.08. The van der Waals surface area contributed by atoms with Gasteiger partial charge in [0.05, 0.1) is 11.6 Å². The number of hydrogen-bond donors (Lipinski definition) is 2. The Bertz CT molecular complexity index is 904. The van der Waals surface area contributed by atoms with Gasteiger partial charge in [0.2, 0.25) is 5.95 Å². The van der Waals surface area contributed by atoms with Crippen molar-refractivity contribution in [2.45, 2.75) is 6.42 Å². The third kappa shape index (κ3) is 4.52. The smallest absolute Gasteiger partial charge is 0.229 e. The van der Waals surface area contributed by atoms with Gasteiger partial charge in [-0.15, -0.1) is 0 Å². The average Bonchev–Trinajstić information content (AvgIpc) is 2.64. The van der Waals surface area contributed by atoms with Crippen molar-refractivity contribution in [3.8, 4) is 6.07 Å². The fraction of sp³-hybridized carbons (Fsp3) is 0.105. The highest BCUT2D eigenvalue weighted by Crippen LogP contribution is 2.15. The van der Waals surface area contributed by atoms with Crippen LogP contribution >= 0.6 is 0 Å². The zero-order valence-corrected chi connectivity index (χ0v) is 13.4. The molecule has 0 aliphatic heterocycles. The molecule has 1 aromatic heterocycles. The van der Waals surface area contributed by atoms with E-state index in [9.17, 15) is 4.39 Å². The summed E-state index contributed by atoms with van der Waals surface area (Å²) in [6.07, 6.45) is 2.19. The summed E-state index contributed by atoms with van der Waals surface area (Å²) in [4.78, 5) is 8.53. The molecule has 0 amide bonds. The second-order valence-corrected chi connectivity index (χ2v) is 5.35. The van der Waals surface area contributed by atoms with E-state index in [1.807, 2.05) is 12.1 Å². The number of anilines is 3. The molecule has 0 atom stereocenters. The molecule has 1 heterocycles. The predicted octanol–water partition coefficient (Wildman–Crippen LogP) is 3.89. The van der Waals surface area contributed by atoms with Gasteiger partial charge in [-0.1, -0.05) is 24.3 Å². The fourth-order valence-electron chi connectivity index (χ4n) is 2.34. The number of nitriles is 1. The molecule has 0 spiro atoms. The van der Waals surface area contributed by atoms with Crippen molar-refractivity contribution in [3.05, 3.63) is 77.7 Å². The summed E-state index contributed by atoms with van der Waals surface area (Å²) in [5.74, 6) is 0.864. The first-order chi connectivity index (χ1) is 12.2. The molecule has 3 rings (SSSR count). The molecule has 0 fully saturated rings. The van der Waals surface area contributed by atoms with Crippen molar-refractivity contribution in [1.29, 1.82) is 5.26 Å². The van der Waals surface area contributed by atoms with E-state index in [1.165, 1.54) is 6.07 Å². The van der Waals surface area contributed by atoms with Crippen LogP contribution in [0, 0.1) is 17.1 Å². The molecule has 0 unspecified atom stereocenters. The standard InChI is InChI=1S/C19H16FN5/c20-17-7-2-1-5-15(17)8-10-22-18-9-11-23-19(25-18)24-16-6-3-4-14(12-16)13-21/h1-7,9,11-12H,8,10H2,(H2,22,23,24,25). The third-order valence-electron chi connectivity index (χ3n) is 3.56. The molecule has 0 radical (unpaired) electrons. The first-order valence-electron chi connectivity index (χ1n) is 7.82. The van der Waals surface area contributed by atoms with Gasteiger partial charge >= 0.3 is 0 Å². The van der Waals surface area contributed by atoms with Crippen LogP contribution in [0.15, 0.2) is 60.8 Å². The number of hydrogen-bond acceptors (Lipinski definition) is 5. The fourth-order valence-corrected chi connectivity index (χ4v) is 2.34. The van der Waals surface area contributed by atoms with Gasteiger partial charge in [0.1, 0.15) is 11.6 Å². The molecule has 0 aliphatic rings. The monoisotopic (exact) mass is 333 g/mol. The summed E-state index contributed by atoms with van der Waals surface area (Å²) in [5, 5.41) is 15.2. The second kappa shape index (κ2) is 7.88. The molecule has 2 N–H and O–H groups in total. The van der Waals surface area contributed by atoms with Gasteiger partial charge in [-0.05, 0) is 42.3 Å². The van der Waals surface area contributed by atoms with Gasteiger partial charge in [-0.2, -0.15) is 10.2 Å². The molecular formula is C19H16FN5. The van der Waals surface area contributed by atoms with E-state index in [4.69, 9.17) is 5.26 Å². The molecule has 0 saturated heterocycles. The molecule has 0 saturated carbocycles. The van der Waals surface area contributed by atoms with Gasteiger partial charge in [0.15, 0.2) is 0 Å². The van der Waals surface area contributed by atoms with E-state index in [1.54, 1.807) is 42.6 Å². The Balaban J connectivity index is 1.61. The molecule has 0 aliphatic carbocycles. The summed E-state index contributed by atoms with van der Waals surface area (Å²) in [7, 11) is 0. The molecule has 5 nitrogen and oxygen atoms in total. The van der Waals surface area contributed by atoms with Crippen LogP contribution in [0.2, 0.25) is 0 Å². The Morgan fingerprint density at radius 2 is 1.96 bits per heavy atom. The van der Waals surface area contributed by atoms with Crippen LogP contribution in [0.5, 0.6) is 0 Å². The minimum atomic E-state index is -0.202. The summed E-state index contributed by atoms with van der Waals surface area (Å²) in [6.45, 7) is 0.557. The molecular weight excluding hydrogens is 317 g/mol. The third-order valence-corrected chi connectivity index (χ3v) is 3.56. The van der Waals surface area contributed by atoms with E-state index >= 15 is 0 Å². The maximum absolute atomic E-state index is 13.6. The maximum Gasteiger partial charge on any atom is 0.229 e. The SMILES string of the molecule is N#Cc1cccc(Nc2nccc(NCCc3ccccc3F)n2)c1. The van der Waals surface area contributed by atoms with Crippen LogP contribution in [-0.2, 0) is 6.42 Å². The summed E-state index contributed by atoms with van der Waals surface area (Å²) >= 11 is 0. The summed E-state index contributed by atoms with van der Waals surface area (Å²) in [5.41, 5.74) is 1.96. The molecule has 6 heteroatoms. The molecule has 0 bridgehead atoms. The Morgan fingerprint density at radius 3 is 2.80 bits per heavy atom. The minimum Gasteiger partial charge on any atom is -0.370 e. The van der Waals surface area contributed by atoms with E-state index in [0.29, 0.717) is 35.9 Å². The largest absolute Gasteiger partial charge is 0.370 e. The van der Waals surface area contributed by atoms with Gasteiger partial charge in [0, 0.05) is 18.4 Å². The zero-order valence-electron chi connectivity index (χ0n) is 13.4. The van der Waals surface area contributed by atoms with E-state index in [2.05, 4.69) is 26.7 Å². The quantitative estimate of drug-likeness (QED) is 0.716. The molecule has 25 heavy (non-hydrogen) atoms. The topological polar surface area (TPSA) is 73.6 Å². The average molecular weight is 333 g/mol. The van der Waals surface area contributed by atoms with Gasteiger partial charge in [-0.25, -0.2) is 9.37 Å². The molecule has 3 aromatic rings. The number of nitrogens with zero attached hydrogens (tertiary/aromatic N) is 3. The highest BCUT2D eigenvalue weighted by atomic mass is 19.1. The van der Waals surface area contributed by atoms with Crippen LogP contribution in [0.25, 0.3) is 0 Å². The first-order valence-corrected chi connectivity index (χ1v) is 7.82. The Morgan fingerprint density at radius 1 is 1.08 bits per heavy atom. The summed E-state index contributed by atoms with van der Waals surface area (Å²) < 4.78 is 13.6. The minimum absolute atomic E-state index is 0.202. The van der Waals surface area contributed by atoms with Crippen molar-refractivity contribution < 1.29 is 4.39 Å². The molecule has 124 valence electrons. The van der Waals surface area contributed by atoms with Crippen LogP contribution in [0.1, 0.15) is 11.1 Å². The van der Waals surface area contributed by atoms with Crippen molar-refractivity contribution in [1.82, 2.24) is 9.97 Å². The van der Waals surface area contributed by atoms with Crippen LogP contribution < -0.4 is 10.6 Å². The van der Waals surface area contributed by atoms with Crippen molar-refractivity contribution >= 4 is 17.5 Å². The van der Waals surface area contributed by atoms with E-state index in [-0.39, 0.29) is 5.82 Å². The number of nitrogens with one attached hydrogen (secondary N) is 2. The van der Waals surface area contributed by atoms with Crippen LogP contribution in [-0.4, -0.2) is 16.5 Å². The Kier molecular flexibility index (Phi) is 5.17. The second-order valence-electron chi connectivity index (χ2n) is 5.35. The van der Waals surface area contributed by atoms with Crippen molar-refractivity contribution in [3.63, 3.8) is 0 Å². The lowest BCUT2D eigenvalue weighted by molar-refractivity contribution is 0.610. The van der Waals surface area contributed by atoms with Gasteiger partial charge < -0.3 is 10.6 Å². The number of aromatic nitrogens is 2. The maximum atomic E-state index is 13.6. The highest BCUT2D eigenvalue weighted by Gasteiger charge is 2.03. The Labute approximate surface area is 145 Å². The lowest BCUT2D eigenvalue weighted by Gasteiger charge is -2.09. The highest BCUT2D eigenvalue weighted by molar-refractivity contribution is 5.57. The predicted molar refractivity (Wildman–Crippen MR) is 95.1 cm³/mol. The van der Waals surface area contributed by atoms with Crippen molar-refractivity contribution in [2.75, 3.05) is 17.2 Å². The van der Waals surface area contributed by atoms with Gasteiger partial charge in [-0.3, -0.25) is 0 Å². The first kappa shape index (κ1) is 16.4. The Hall–Kier alpha value is -3.46. The van der Waals surface area contributed by atoms with Crippen LogP contribution in [0.4, 0.5) is 21.8 Å². The normalized spacial score (nSPS) is 10.1. The number of halogens is 1. The van der Waals surface area contributed by atoms with E-state index in [0.717, 1.165) is 5.69 Å². The van der Waals surface area contributed by atoms with Crippen molar-refractivity contribution in [2.24, 2.45) is 0 Å².